The maximum Gasteiger partial charge on any atom is 0.254 e. The molecule has 2 fully saturated rings. The molecule has 7 nitrogen and oxygen atoms in total. The molecule has 0 aromatic heterocycles. The fraction of sp³-hybridized carbons (Fsp3) is 0.406. The lowest BCUT2D eigenvalue weighted by Crippen LogP contribution is -2.44. The van der Waals surface area contributed by atoms with Crippen molar-refractivity contribution in [2.24, 2.45) is 0 Å². The number of rotatable bonds is 7. The molecule has 2 aliphatic heterocycles. The first kappa shape index (κ1) is 27.5. The molecular formula is C32H38F2N6O. The van der Waals surface area contributed by atoms with E-state index < -0.39 is 17.8 Å². The Labute approximate surface area is 240 Å². The van der Waals surface area contributed by atoms with E-state index >= 15 is 0 Å². The summed E-state index contributed by atoms with van der Waals surface area (Å²) >= 11 is 0. The SMILES string of the molecule is CN1CCN(c2ccc(C(=O)NC3NNc4ccc(Cc5cc(F)cc(F)c5)cc43)c(NC3CCCCC3)c2)CC1. The number of hydrazine groups is 1. The van der Waals surface area contributed by atoms with Gasteiger partial charge in [0, 0.05) is 55.2 Å². The Bertz CT molecular complexity index is 1380. The average Bonchev–Trinajstić information content (AvgIpc) is 3.35. The number of likely N-dealkylation sites (N-methyl/N-ethyl adjacent to an activating group) is 1. The third-order valence-corrected chi connectivity index (χ3v) is 8.47. The second kappa shape index (κ2) is 12.0. The zero-order valence-electron chi connectivity index (χ0n) is 23.5. The van der Waals surface area contributed by atoms with Crippen LogP contribution in [0.25, 0.3) is 0 Å². The number of nitrogens with one attached hydrogen (secondary N) is 4. The molecule has 1 amide bonds. The third-order valence-electron chi connectivity index (χ3n) is 8.47. The van der Waals surface area contributed by atoms with E-state index in [9.17, 15) is 13.6 Å². The number of hydrogen-bond acceptors (Lipinski definition) is 6. The fourth-order valence-corrected chi connectivity index (χ4v) is 6.15. The van der Waals surface area contributed by atoms with E-state index in [-0.39, 0.29) is 5.91 Å². The summed E-state index contributed by atoms with van der Waals surface area (Å²) in [6.07, 6.45) is 5.82. The van der Waals surface area contributed by atoms with Gasteiger partial charge in [-0.25, -0.2) is 14.2 Å². The standard InChI is InChI=1S/C32H38F2N6O/c1-39-11-13-40(14-12-39)26-8-9-27(30(20-26)35-25-5-3-2-4-6-25)32(41)36-31-28-18-21(7-10-29(28)37-38-31)15-22-16-23(33)19-24(34)17-22/h7-10,16-20,25,31,35,37-38H,2-6,11-15H2,1H3,(H,36,41). The van der Waals surface area contributed by atoms with Crippen molar-refractivity contribution in [3.63, 3.8) is 0 Å². The molecule has 216 valence electrons. The highest BCUT2D eigenvalue weighted by Crippen LogP contribution is 2.32. The normalized spacial score (nSPS) is 19.5. The molecule has 3 aliphatic rings. The van der Waals surface area contributed by atoms with Crippen molar-refractivity contribution in [2.45, 2.75) is 50.7 Å². The van der Waals surface area contributed by atoms with Gasteiger partial charge in [-0.3, -0.25) is 4.79 Å². The molecule has 2 heterocycles. The molecule has 41 heavy (non-hydrogen) atoms. The highest BCUT2D eigenvalue weighted by atomic mass is 19.1. The van der Waals surface area contributed by atoms with Gasteiger partial charge in [0.05, 0.1) is 11.3 Å². The first-order chi connectivity index (χ1) is 19.9. The van der Waals surface area contributed by atoms with Gasteiger partial charge in [-0.1, -0.05) is 25.3 Å². The molecule has 3 aromatic rings. The van der Waals surface area contributed by atoms with Gasteiger partial charge in [-0.15, -0.1) is 0 Å². The van der Waals surface area contributed by atoms with Gasteiger partial charge in [0.2, 0.25) is 0 Å². The lowest BCUT2D eigenvalue weighted by atomic mass is 9.95. The van der Waals surface area contributed by atoms with Crippen LogP contribution in [-0.2, 0) is 6.42 Å². The predicted molar refractivity (Wildman–Crippen MR) is 159 cm³/mol. The zero-order chi connectivity index (χ0) is 28.3. The summed E-state index contributed by atoms with van der Waals surface area (Å²) in [7, 11) is 2.15. The Hall–Kier alpha value is -3.69. The van der Waals surface area contributed by atoms with Crippen LogP contribution in [-0.4, -0.2) is 50.1 Å². The molecule has 6 rings (SSSR count). The Morgan fingerprint density at radius 1 is 0.902 bits per heavy atom. The van der Waals surface area contributed by atoms with Gasteiger partial charge >= 0.3 is 0 Å². The summed E-state index contributed by atoms with van der Waals surface area (Å²) in [6, 6.07) is 15.9. The van der Waals surface area contributed by atoms with Crippen LogP contribution in [0.15, 0.2) is 54.6 Å². The van der Waals surface area contributed by atoms with Crippen LogP contribution in [0, 0.1) is 11.6 Å². The Balaban J connectivity index is 1.21. The third kappa shape index (κ3) is 6.47. The summed E-state index contributed by atoms with van der Waals surface area (Å²) < 4.78 is 27.5. The van der Waals surface area contributed by atoms with E-state index in [1.165, 1.54) is 31.4 Å². The van der Waals surface area contributed by atoms with E-state index in [1.54, 1.807) is 0 Å². The van der Waals surface area contributed by atoms with E-state index in [2.05, 4.69) is 50.5 Å². The highest BCUT2D eigenvalue weighted by molar-refractivity contribution is 6.00. The number of hydrogen-bond donors (Lipinski definition) is 4. The number of amides is 1. The molecule has 4 N–H and O–H groups in total. The van der Waals surface area contributed by atoms with Crippen LogP contribution in [0.1, 0.15) is 65.3 Å². The van der Waals surface area contributed by atoms with Crippen molar-refractivity contribution in [2.75, 3.05) is 48.9 Å². The summed E-state index contributed by atoms with van der Waals surface area (Å²) in [5, 5.41) is 6.86. The molecule has 1 saturated heterocycles. The maximum absolute atomic E-state index is 13.7. The lowest BCUT2D eigenvalue weighted by molar-refractivity contribution is 0.0933. The molecule has 3 aromatic carbocycles. The van der Waals surface area contributed by atoms with Gasteiger partial charge < -0.3 is 25.9 Å². The number of carbonyl (C=O) groups is 1. The minimum atomic E-state index is -0.592. The Morgan fingerprint density at radius 3 is 2.41 bits per heavy atom. The minimum Gasteiger partial charge on any atom is -0.382 e. The number of piperazine rings is 1. The first-order valence-corrected chi connectivity index (χ1v) is 14.7. The topological polar surface area (TPSA) is 71.7 Å². The second-order valence-corrected chi connectivity index (χ2v) is 11.6. The first-order valence-electron chi connectivity index (χ1n) is 14.7. The number of anilines is 3. The summed E-state index contributed by atoms with van der Waals surface area (Å²) in [6.45, 7) is 3.96. The summed E-state index contributed by atoms with van der Waals surface area (Å²) in [4.78, 5) is 18.5. The highest BCUT2D eigenvalue weighted by Gasteiger charge is 2.26. The van der Waals surface area contributed by atoms with Crippen LogP contribution in [0.2, 0.25) is 0 Å². The van der Waals surface area contributed by atoms with Crippen molar-refractivity contribution in [3.05, 3.63) is 88.5 Å². The van der Waals surface area contributed by atoms with Gasteiger partial charge in [0.15, 0.2) is 0 Å². The molecule has 0 radical (unpaired) electrons. The minimum absolute atomic E-state index is 0.169. The molecule has 9 heteroatoms. The van der Waals surface area contributed by atoms with Crippen molar-refractivity contribution in [1.82, 2.24) is 15.6 Å². The average molecular weight is 561 g/mol. The predicted octanol–water partition coefficient (Wildman–Crippen LogP) is 5.41. The molecular weight excluding hydrogens is 522 g/mol. The summed E-state index contributed by atoms with van der Waals surface area (Å²) in [5.41, 5.74) is 12.1. The van der Waals surface area contributed by atoms with Crippen molar-refractivity contribution >= 4 is 23.0 Å². The Kier molecular flexibility index (Phi) is 8.07. The lowest BCUT2D eigenvalue weighted by Gasteiger charge is -2.34. The van der Waals surface area contributed by atoms with Crippen LogP contribution in [0.3, 0.4) is 0 Å². The van der Waals surface area contributed by atoms with Gasteiger partial charge in [0.25, 0.3) is 5.91 Å². The fourth-order valence-electron chi connectivity index (χ4n) is 6.15. The number of benzene rings is 3. The molecule has 1 atom stereocenters. The van der Waals surface area contributed by atoms with Crippen LogP contribution < -0.4 is 26.4 Å². The van der Waals surface area contributed by atoms with E-state index in [1.807, 2.05) is 24.3 Å². The monoisotopic (exact) mass is 560 g/mol. The van der Waals surface area contributed by atoms with Gasteiger partial charge in [0.1, 0.15) is 17.8 Å². The van der Waals surface area contributed by atoms with Crippen molar-refractivity contribution in [1.29, 1.82) is 0 Å². The Morgan fingerprint density at radius 2 is 1.66 bits per heavy atom. The second-order valence-electron chi connectivity index (χ2n) is 11.6. The zero-order valence-corrected chi connectivity index (χ0v) is 23.5. The molecule has 1 saturated carbocycles. The number of halogens is 2. The largest absolute Gasteiger partial charge is 0.382 e. The number of fused-ring (bicyclic) bond motifs is 1. The van der Waals surface area contributed by atoms with Crippen LogP contribution in [0.5, 0.6) is 0 Å². The quantitative estimate of drug-likeness (QED) is 0.310. The molecule has 0 spiro atoms. The summed E-state index contributed by atoms with van der Waals surface area (Å²) in [5.74, 6) is -1.35. The number of nitrogens with zero attached hydrogens (tertiary/aromatic N) is 2. The molecule has 1 unspecified atom stereocenters. The van der Waals surface area contributed by atoms with Gasteiger partial charge in [-0.05, 0) is 79.9 Å². The van der Waals surface area contributed by atoms with Gasteiger partial charge in [-0.2, -0.15) is 0 Å². The van der Waals surface area contributed by atoms with E-state index in [0.29, 0.717) is 23.6 Å². The van der Waals surface area contributed by atoms with Crippen molar-refractivity contribution < 1.29 is 13.6 Å². The molecule has 1 aliphatic carbocycles. The van der Waals surface area contributed by atoms with E-state index in [4.69, 9.17) is 0 Å². The van der Waals surface area contributed by atoms with Crippen molar-refractivity contribution in [3.8, 4) is 0 Å². The van der Waals surface area contributed by atoms with Crippen LogP contribution in [0.4, 0.5) is 25.8 Å². The smallest absolute Gasteiger partial charge is 0.254 e. The maximum atomic E-state index is 13.7. The molecule has 0 bridgehead atoms. The van der Waals surface area contributed by atoms with E-state index in [0.717, 1.165) is 73.3 Å². The van der Waals surface area contributed by atoms with Crippen LogP contribution >= 0.6 is 0 Å². The number of carbonyl (C=O) groups excluding carboxylic acids is 1.